The maximum absolute atomic E-state index is 12.7. The van der Waals surface area contributed by atoms with Crippen molar-refractivity contribution < 1.29 is 40.9 Å². The second kappa shape index (κ2) is 10.5. The van der Waals surface area contributed by atoms with Gasteiger partial charge in [-0.15, -0.1) is 0 Å². The van der Waals surface area contributed by atoms with Crippen LogP contribution in [-0.4, -0.2) is 56.3 Å². The predicted octanol–water partition coefficient (Wildman–Crippen LogP) is 4.97. The topological polar surface area (TPSA) is 240 Å². The van der Waals surface area contributed by atoms with Gasteiger partial charge in [-0.25, -0.2) is 4.79 Å². The van der Waals surface area contributed by atoms with Crippen LogP contribution in [0.5, 0.6) is 11.5 Å². The number of aromatic hydroxyl groups is 2. The molecular formula is C23H20N6O9S2. The van der Waals surface area contributed by atoms with E-state index in [0.717, 1.165) is 12.1 Å². The summed E-state index contributed by atoms with van der Waals surface area (Å²) in [5.41, 5.74) is -0.532. The lowest BCUT2D eigenvalue weighted by Crippen LogP contribution is -2.19. The molecule has 0 radical (unpaired) electrons. The molecule has 0 aliphatic rings. The maximum atomic E-state index is 12.7. The molecule has 0 saturated heterocycles. The molecule has 0 bridgehead atoms. The second-order valence-corrected chi connectivity index (χ2v) is 10.9. The molecular weight excluding hydrogens is 568 g/mol. The minimum Gasteiger partial charge on any atom is -0.505 e. The molecule has 0 aliphatic heterocycles. The van der Waals surface area contributed by atoms with Crippen LogP contribution in [-0.2, 0) is 20.2 Å². The third kappa shape index (κ3) is 5.52. The van der Waals surface area contributed by atoms with Crippen molar-refractivity contribution in [1.29, 1.82) is 0 Å². The van der Waals surface area contributed by atoms with Crippen molar-refractivity contribution in [3.05, 3.63) is 48.5 Å². The Morgan fingerprint density at radius 3 is 1.38 bits per heavy atom. The fourth-order valence-electron chi connectivity index (χ4n) is 3.94. The Bertz CT molecular complexity index is 1830. The van der Waals surface area contributed by atoms with E-state index >= 15 is 0 Å². The third-order valence-corrected chi connectivity index (χ3v) is 7.31. The first kappa shape index (κ1) is 28.3. The quantitative estimate of drug-likeness (QED) is 0.131. The highest BCUT2D eigenvalue weighted by Gasteiger charge is 2.23. The highest BCUT2D eigenvalue weighted by atomic mass is 32.2. The predicted molar refractivity (Wildman–Crippen MR) is 144 cm³/mol. The Kier molecular flexibility index (Phi) is 7.40. The number of nitrogens with one attached hydrogen (secondary N) is 2. The summed E-state index contributed by atoms with van der Waals surface area (Å²) < 4.78 is 66.4. The van der Waals surface area contributed by atoms with Crippen molar-refractivity contribution in [2.75, 3.05) is 24.7 Å². The number of azo groups is 2. The van der Waals surface area contributed by atoms with Gasteiger partial charge in [-0.3, -0.25) is 9.11 Å². The third-order valence-electron chi connectivity index (χ3n) is 5.57. The van der Waals surface area contributed by atoms with Crippen LogP contribution in [0.4, 0.5) is 27.5 Å². The van der Waals surface area contributed by atoms with E-state index in [4.69, 9.17) is 0 Å². The lowest BCUT2D eigenvalue weighted by atomic mass is 10.1. The number of benzene rings is 4. The standard InChI is InChI=1S/C23H20N6O9S2/c1-24-28-19-17(39(33,34)35)9-11-7-13(3-5-15(11)21(19)30)26-23(32)27-14-4-6-16-12(8-14)10-18(40(36,37)38)20(22(16)31)29-25-2/h3-10,30-31H,1-2H3,(H2,26,27,32)(H,33,34,35)(H,36,37,38). The number of carbonyl (C=O) groups excluding carboxylic acids is 1. The maximum Gasteiger partial charge on any atom is 0.323 e. The van der Waals surface area contributed by atoms with Gasteiger partial charge in [0.15, 0.2) is 11.5 Å². The van der Waals surface area contributed by atoms with Gasteiger partial charge >= 0.3 is 6.03 Å². The average molecular weight is 589 g/mol. The Balaban J connectivity index is 1.67. The van der Waals surface area contributed by atoms with E-state index in [-0.39, 0.29) is 32.9 Å². The largest absolute Gasteiger partial charge is 0.505 e. The molecule has 17 heteroatoms. The SMILES string of the molecule is CN=Nc1c(S(=O)(=O)O)cc2cc(NC(=O)Nc3ccc4c(O)c(N=NC)c(S(=O)(=O)O)cc4c3)ccc2c1O. The van der Waals surface area contributed by atoms with Gasteiger partial charge in [-0.05, 0) is 59.3 Å². The summed E-state index contributed by atoms with van der Waals surface area (Å²) >= 11 is 0. The van der Waals surface area contributed by atoms with Crippen LogP contribution in [0.25, 0.3) is 21.5 Å². The number of amides is 2. The fourth-order valence-corrected chi connectivity index (χ4v) is 5.25. The van der Waals surface area contributed by atoms with E-state index in [1.165, 1.54) is 50.5 Å². The van der Waals surface area contributed by atoms with Crippen molar-refractivity contribution in [1.82, 2.24) is 0 Å². The molecule has 4 rings (SSSR count). The van der Waals surface area contributed by atoms with E-state index in [1.54, 1.807) is 0 Å². The lowest BCUT2D eigenvalue weighted by molar-refractivity contribution is 0.262. The molecule has 0 unspecified atom stereocenters. The zero-order valence-electron chi connectivity index (χ0n) is 20.6. The van der Waals surface area contributed by atoms with Gasteiger partial charge in [0.05, 0.1) is 0 Å². The number of phenols is 2. The summed E-state index contributed by atoms with van der Waals surface area (Å²) in [4.78, 5) is 11.3. The van der Waals surface area contributed by atoms with E-state index in [2.05, 4.69) is 31.1 Å². The molecule has 0 heterocycles. The van der Waals surface area contributed by atoms with Crippen molar-refractivity contribution in [2.24, 2.45) is 20.5 Å². The molecule has 4 aromatic carbocycles. The van der Waals surface area contributed by atoms with Gasteiger partial charge < -0.3 is 20.8 Å². The zero-order valence-corrected chi connectivity index (χ0v) is 22.2. The molecule has 0 aliphatic carbocycles. The number of nitrogens with zero attached hydrogens (tertiary/aromatic N) is 4. The van der Waals surface area contributed by atoms with Gasteiger partial charge in [0.1, 0.15) is 21.2 Å². The van der Waals surface area contributed by atoms with Crippen LogP contribution in [0.3, 0.4) is 0 Å². The van der Waals surface area contributed by atoms with Crippen molar-refractivity contribution in [3.8, 4) is 11.5 Å². The van der Waals surface area contributed by atoms with Gasteiger partial charge in [-0.1, -0.05) is 0 Å². The van der Waals surface area contributed by atoms with Crippen LogP contribution >= 0.6 is 0 Å². The lowest BCUT2D eigenvalue weighted by Gasteiger charge is -2.12. The van der Waals surface area contributed by atoms with Crippen LogP contribution in [0.15, 0.2) is 78.8 Å². The Morgan fingerprint density at radius 2 is 1.05 bits per heavy atom. The normalized spacial score (nSPS) is 12.5. The molecule has 2 amide bonds. The first-order valence-electron chi connectivity index (χ1n) is 11.0. The average Bonchev–Trinajstić information content (AvgIpc) is 2.85. The highest BCUT2D eigenvalue weighted by molar-refractivity contribution is 7.86. The van der Waals surface area contributed by atoms with Crippen molar-refractivity contribution in [2.45, 2.75) is 9.79 Å². The van der Waals surface area contributed by atoms with Crippen LogP contribution in [0.2, 0.25) is 0 Å². The first-order chi connectivity index (χ1) is 18.7. The molecule has 0 aromatic heterocycles. The number of phenolic OH excluding ortho intramolecular Hbond substituents is 2. The summed E-state index contributed by atoms with van der Waals surface area (Å²) in [6.45, 7) is 0. The summed E-state index contributed by atoms with van der Waals surface area (Å²) in [5, 5.41) is 40.8. The molecule has 0 saturated carbocycles. The number of fused-ring (bicyclic) bond motifs is 2. The van der Waals surface area contributed by atoms with Crippen LogP contribution in [0.1, 0.15) is 0 Å². The van der Waals surface area contributed by atoms with Crippen molar-refractivity contribution in [3.63, 3.8) is 0 Å². The van der Waals surface area contributed by atoms with E-state index in [9.17, 15) is 40.9 Å². The summed E-state index contributed by atoms with van der Waals surface area (Å²) in [7, 11) is -7.05. The summed E-state index contributed by atoms with van der Waals surface area (Å²) in [5.74, 6) is -1.09. The minimum atomic E-state index is -4.78. The minimum absolute atomic E-state index is 0.150. The Labute approximate surface area is 226 Å². The zero-order chi connectivity index (χ0) is 29.4. The number of hydrogen-bond acceptors (Lipinski definition) is 11. The van der Waals surface area contributed by atoms with Crippen LogP contribution in [0, 0.1) is 0 Å². The number of rotatable bonds is 6. The smallest absolute Gasteiger partial charge is 0.323 e. The summed E-state index contributed by atoms with van der Waals surface area (Å²) in [6, 6.07) is 9.68. The number of anilines is 2. The van der Waals surface area contributed by atoms with Gasteiger partial charge in [-0.2, -0.15) is 37.3 Å². The molecule has 6 N–H and O–H groups in total. The Morgan fingerprint density at radius 1 is 0.675 bits per heavy atom. The molecule has 15 nitrogen and oxygen atoms in total. The molecule has 0 fully saturated rings. The van der Waals surface area contributed by atoms with E-state index in [1.807, 2.05) is 0 Å². The summed E-state index contributed by atoms with van der Waals surface area (Å²) in [6.07, 6.45) is 0. The monoisotopic (exact) mass is 588 g/mol. The van der Waals surface area contributed by atoms with Gasteiger partial charge in [0.25, 0.3) is 20.2 Å². The van der Waals surface area contributed by atoms with Gasteiger partial charge in [0.2, 0.25) is 0 Å². The number of carbonyl (C=O) groups is 1. The van der Waals surface area contributed by atoms with E-state index < -0.39 is 58.9 Å². The molecule has 40 heavy (non-hydrogen) atoms. The van der Waals surface area contributed by atoms with Crippen molar-refractivity contribution >= 4 is 70.6 Å². The highest BCUT2D eigenvalue weighted by Crippen LogP contribution is 2.42. The second-order valence-electron chi connectivity index (χ2n) is 8.14. The molecule has 0 atom stereocenters. The molecule has 0 spiro atoms. The fraction of sp³-hybridized carbons (Fsp3) is 0.0870. The Hall–Kier alpha value is -4.71. The van der Waals surface area contributed by atoms with Gasteiger partial charge in [0, 0.05) is 36.2 Å². The number of urea groups is 1. The molecule has 208 valence electrons. The van der Waals surface area contributed by atoms with E-state index in [0.29, 0.717) is 0 Å². The van der Waals surface area contributed by atoms with Crippen LogP contribution < -0.4 is 10.6 Å². The molecule has 4 aromatic rings. The first-order valence-corrected chi connectivity index (χ1v) is 13.8. The number of hydrogen-bond donors (Lipinski definition) is 6.